The lowest BCUT2D eigenvalue weighted by Gasteiger charge is -2.42. The highest BCUT2D eigenvalue weighted by Gasteiger charge is 2.47. The molecule has 7 N–H and O–H groups in total. The molecule has 362 valence electrons. The molecule has 0 aromatic rings. The van der Waals surface area contributed by atoms with Crippen molar-refractivity contribution in [3.63, 3.8) is 0 Å². The van der Waals surface area contributed by atoms with Gasteiger partial charge >= 0.3 is 5.97 Å². The average molecular weight is 879 g/mol. The van der Waals surface area contributed by atoms with Crippen molar-refractivity contribution in [2.45, 2.75) is 261 Å². The van der Waals surface area contributed by atoms with Crippen LogP contribution in [0.25, 0.3) is 0 Å². The molecule has 2 heterocycles. The largest absolute Gasteiger partial charge is 0.457 e. The van der Waals surface area contributed by atoms with Gasteiger partial charge in [0.1, 0.15) is 54.9 Å². The smallest absolute Gasteiger partial charge is 0.306 e. The Morgan fingerprint density at radius 3 is 1.33 bits per heavy atom. The van der Waals surface area contributed by atoms with Gasteiger partial charge in [-0.2, -0.15) is 0 Å². The van der Waals surface area contributed by atoms with Gasteiger partial charge in [-0.1, -0.05) is 174 Å². The van der Waals surface area contributed by atoms with Gasteiger partial charge in [0.05, 0.1) is 26.4 Å². The summed E-state index contributed by atoms with van der Waals surface area (Å²) in [7, 11) is 0. The van der Waals surface area contributed by atoms with E-state index < -0.39 is 80.7 Å². The van der Waals surface area contributed by atoms with Crippen LogP contribution in [0.4, 0.5) is 0 Å². The van der Waals surface area contributed by atoms with Crippen LogP contribution in [0.15, 0.2) is 0 Å². The highest BCUT2D eigenvalue weighted by molar-refractivity contribution is 5.69. The normalized spacial score (nSPS) is 27.4. The molecule has 14 nitrogen and oxygen atoms in total. The van der Waals surface area contributed by atoms with E-state index in [2.05, 4.69) is 13.8 Å². The van der Waals surface area contributed by atoms with Gasteiger partial charge in [-0.15, -0.1) is 0 Å². The highest BCUT2D eigenvalue weighted by Crippen LogP contribution is 2.26. The Kier molecular flexibility index (Phi) is 33.3. The van der Waals surface area contributed by atoms with E-state index in [4.69, 9.17) is 28.4 Å². The number of hydrogen-bond acceptors (Lipinski definition) is 14. The Labute approximate surface area is 368 Å². The zero-order chi connectivity index (χ0) is 44.5. The van der Waals surface area contributed by atoms with Gasteiger partial charge in [0.2, 0.25) is 0 Å². The molecule has 2 rings (SSSR count). The van der Waals surface area contributed by atoms with Crippen molar-refractivity contribution in [1.29, 1.82) is 0 Å². The Morgan fingerprint density at radius 2 is 0.869 bits per heavy atom. The molecular weight excluding hydrogens is 789 g/mol. The van der Waals surface area contributed by atoms with Crippen LogP contribution in [0.2, 0.25) is 0 Å². The first kappa shape index (κ1) is 56.1. The van der Waals surface area contributed by atoms with E-state index in [0.29, 0.717) is 6.61 Å². The maximum Gasteiger partial charge on any atom is 0.306 e. The quantitative estimate of drug-likeness (QED) is 0.0259. The second-order valence-electron chi connectivity index (χ2n) is 17.7. The second kappa shape index (κ2) is 36.2. The summed E-state index contributed by atoms with van der Waals surface area (Å²) >= 11 is 0. The zero-order valence-electron chi connectivity index (χ0n) is 38.2. The maximum absolute atomic E-state index is 13.0. The van der Waals surface area contributed by atoms with Gasteiger partial charge < -0.3 is 64.2 Å². The van der Waals surface area contributed by atoms with Gasteiger partial charge in [-0.25, -0.2) is 0 Å². The third-order valence-electron chi connectivity index (χ3n) is 12.1. The highest BCUT2D eigenvalue weighted by atomic mass is 16.7. The summed E-state index contributed by atoms with van der Waals surface area (Å²) in [6, 6.07) is 0. The van der Waals surface area contributed by atoms with E-state index in [1.165, 1.54) is 128 Å². The van der Waals surface area contributed by atoms with Crippen molar-refractivity contribution in [1.82, 2.24) is 0 Å². The summed E-state index contributed by atoms with van der Waals surface area (Å²) < 4.78 is 34.2. The standard InChI is InChI=1S/C47H90O14/c1-3-5-7-9-11-13-15-16-17-18-19-20-22-24-26-28-30-39(49)59-36(33-56-31-29-27-25-23-21-14-12-10-8-6-4-2)34-57-46-45(55)43(53)41(51)38(61-46)35-58-47-44(54)42(52)40(50)37(32-48)60-47/h36-38,40-48,50-55H,3-35H2,1-2H3. The van der Waals surface area contributed by atoms with Gasteiger partial charge in [0.25, 0.3) is 0 Å². The van der Waals surface area contributed by atoms with Gasteiger partial charge in [0.15, 0.2) is 12.6 Å². The first-order valence-electron chi connectivity index (χ1n) is 24.6. The number of carbonyl (C=O) groups is 1. The summed E-state index contributed by atoms with van der Waals surface area (Å²) in [6.45, 7) is 3.71. The lowest BCUT2D eigenvalue weighted by Crippen LogP contribution is -2.61. The number of rotatable bonds is 39. The van der Waals surface area contributed by atoms with Crippen LogP contribution in [0.3, 0.4) is 0 Å². The first-order valence-corrected chi connectivity index (χ1v) is 24.6. The third-order valence-corrected chi connectivity index (χ3v) is 12.1. The third kappa shape index (κ3) is 24.7. The minimum atomic E-state index is -1.70. The maximum atomic E-state index is 13.0. The van der Waals surface area contributed by atoms with Crippen molar-refractivity contribution in [3.05, 3.63) is 0 Å². The lowest BCUT2D eigenvalue weighted by molar-refractivity contribution is -0.332. The first-order chi connectivity index (χ1) is 29.6. The summed E-state index contributed by atoms with van der Waals surface area (Å²) in [4.78, 5) is 13.0. The van der Waals surface area contributed by atoms with Crippen LogP contribution in [0.1, 0.15) is 194 Å². The minimum Gasteiger partial charge on any atom is -0.457 e. The Bertz CT molecular complexity index is 1020. The fourth-order valence-corrected chi connectivity index (χ4v) is 8.05. The van der Waals surface area contributed by atoms with Crippen LogP contribution in [0, 0.1) is 0 Å². The molecule has 61 heavy (non-hydrogen) atoms. The number of carbonyl (C=O) groups excluding carboxylic acids is 1. The van der Waals surface area contributed by atoms with E-state index in [0.717, 1.165) is 44.9 Å². The average Bonchev–Trinajstić information content (AvgIpc) is 3.25. The SMILES string of the molecule is CCCCCCCCCCCCCCCCCCC(=O)OC(COCCCCCCCCCCCCC)COC1OC(COC2OC(CO)C(O)C(O)C2O)C(O)C(O)C1O. The van der Waals surface area contributed by atoms with Crippen LogP contribution in [-0.4, -0.2) is 142 Å². The van der Waals surface area contributed by atoms with Crippen LogP contribution in [0.5, 0.6) is 0 Å². The summed E-state index contributed by atoms with van der Waals surface area (Å²) in [5.41, 5.74) is 0. The lowest BCUT2D eigenvalue weighted by atomic mass is 9.98. The second-order valence-corrected chi connectivity index (χ2v) is 17.7. The van der Waals surface area contributed by atoms with E-state index in [-0.39, 0.29) is 25.6 Å². The predicted octanol–water partition coefficient (Wildman–Crippen LogP) is 6.52. The number of hydrogen-bond donors (Lipinski definition) is 7. The molecule has 0 aromatic heterocycles. The molecule has 11 atom stereocenters. The van der Waals surface area contributed by atoms with Crippen molar-refractivity contribution < 1.29 is 69.0 Å². The van der Waals surface area contributed by atoms with Crippen LogP contribution >= 0.6 is 0 Å². The molecule has 2 aliphatic rings. The fourth-order valence-electron chi connectivity index (χ4n) is 8.05. The molecule has 2 fully saturated rings. The van der Waals surface area contributed by atoms with Crippen molar-refractivity contribution in [3.8, 4) is 0 Å². The monoisotopic (exact) mass is 879 g/mol. The van der Waals surface area contributed by atoms with E-state index in [1.807, 2.05) is 0 Å². The molecule has 0 bridgehead atoms. The zero-order valence-corrected chi connectivity index (χ0v) is 38.2. The Morgan fingerprint density at radius 1 is 0.475 bits per heavy atom. The predicted molar refractivity (Wildman–Crippen MR) is 234 cm³/mol. The molecule has 2 aliphatic heterocycles. The molecule has 0 aromatic carbocycles. The van der Waals surface area contributed by atoms with E-state index >= 15 is 0 Å². The number of ether oxygens (including phenoxy) is 6. The molecule has 14 heteroatoms. The van der Waals surface area contributed by atoms with E-state index in [9.17, 15) is 40.5 Å². The Balaban J connectivity index is 1.77. The molecule has 0 radical (unpaired) electrons. The number of aliphatic hydroxyl groups excluding tert-OH is 7. The summed E-state index contributed by atoms with van der Waals surface area (Å²) in [5.74, 6) is -0.372. The van der Waals surface area contributed by atoms with E-state index in [1.54, 1.807) is 0 Å². The fraction of sp³-hybridized carbons (Fsp3) is 0.979. The molecule has 0 saturated carbocycles. The number of aliphatic hydroxyl groups is 7. The van der Waals surface area contributed by atoms with Crippen molar-refractivity contribution in [2.75, 3.05) is 33.0 Å². The van der Waals surface area contributed by atoms with Crippen molar-refractivity contribution >= 4 is 5.97 Å². The topological polar surface area (TPSA) is 214 Å². The van der Waals surface area contributed by atoms with Gasteiger partial charge in [0, 0.05) is 13.0 Å². The van der Waals surface area contributed by atoms with Gasteiger partial charge in [-0.3, -0.25) is 4.79 Å². The van der Waals surface area contributed by atoms with Gasteiger partial charge in [-0.05, 0) is 12.8 Å². The molecule has 0 amide bonds. The number of unbranched alkanes of at least 4 members (excludes halogenated alkanes) is 25. The molecule has 0 aliphatic carbocycles. The molecular formula is C47H90O14. The summed E-state index contributed by atoms with van der Waals surface area (Å²) in [6.07, 6.45) is 17.4. The minimum absolute atomic E-state index is 0.0695. The molecule has 11 unspecified atom stereocenters. The van der Waals surface area contributed by atoms with Crippen molar-refractivity contribution in [2.24, 2.45) is 0 Å². The van der Waals surface area contributed by atoms with Crippen LogP contribution in [-0.2, 0) is 33.2 Å². The van der Waals surface area contributed by atoms with Crippen LogP contribution < -0.4 is 0 Å². The number of esters is 1. The molecule has 2 saturated heterocycles. The summed E-state index contributed by atoms with van der Waals surface area (Å²) in [5, 5.41) is 72.0. The Hall–Kier alpha value is -1.01. The molecule has 0 spiro atoms.